The maximum atomic E-state index is 11.9. The van der Waals surface area contributed by atoms with Crippen LogP contribution in [0.15, 0.2) is 0 Å². The molecule has 0 aliphatic heterocycles. The summed E-state index contributed by atoms with van der Waals surface area (Å²) in [5.41, 5.74) is 0. The average Bonchev–Trinajstić information content (AvgIpc) is 2.99. The van der Waals surface area contributed by atoms with Crippen molar-refractivity contribution in [1.82, 2.24) is 0 Å². The predicted octanol–water partition coefficient (Wildman–Crippen LogP) is 1.66. The number of halogens is 1. The number of rotatable bonds is 8. The first kappa shape index (κ1) is 14.2. The molecule has 0 aromatic heterocycles. The van der Waals surface area contributed by atoms with Crippen molar-refractivity contribution in [3.63, 3.8) is 0 Å². The summed E-state index contributed by atoms with van der Waals surface area (Å²) < 4.78 is 27.6. The molecule has 4 nitrogen and oxygen atoms in total. The van der Waals surface area contributed by atoms with E-state index in [0.29, 0.717) is 19.3 Å². The van der Waals surface area contributed by atoms with Gasteiger partial charge in [0.15, 0.2) is 0 Å². The molecule has 0 saturated heterocycles. The van der Waals surface area contributed by atoms with Crippen molar-refractivity contribution in [2.75, 3.05) is 12.5 Å². The molecule has 1 fully saturated rings. The molecule has 96 valence electrons. The number of hydrogen-bond acceptors (Lipinski definition) is 4. The summed E-state index contributed by atoms with van der Waals surface area (Å²) in [6.07, 6.45) is 1.92. The van der Waals surface area contributed by atoms with Crippen LogP contribution in [0.25, 0.3) is 0 Å². The first-order valence-corrected chi connectivity index (χ1v) is 7.57. The Labute approximate surface area is 102 Å². The lowest BCUT2D eigenvalue weighted by Crippen LogP contribution is -2.38. The molecule has 1 aliphatic rings. The fourth-order valence-corrected chi connectivity index (χ4v) is 3.50. The highest BCUT2D eigenvalue weighted by Gasteiger charge is 2.60. The lowest BCUT2D eigenvalue weighted by Gasteiger charge is -2.21. The topological polar surface area (TPSA) is 63.6 Å². The Morgan fingerprint density at radius 1 is 1.50 bits per heavy atom. The second-order valence-electron chi connectivity index (χ2n) is 4.19. The van der Waals surface area contributed by atoms with Crippen LogP contribution >= 0.6 is 11.6 Å². The smallest absolute Gasteiger partial charge is 0.275 e. The summed E-state index contributed by atoms with van der Waals surface area (Å²) in [7, 11) is -3.65. The SMILES string of the molecule is CCCCOS(=O)(=O)C1(C(O)CCCl)CC1. The average molecular weight is 271 g/mol. The summed E-state index contributed by atoms with van der Waals surface area (Å²) in [4.78, 5) is 0. The quantitative estimate of drug-likeness (QED) is 0.414. The molecule has 1 rings (SSSR count). The lowest BCUT2D eigenvalue weighted by atomic mass is 10.2. The molecular weight excluding hydrogens is 252 g/mol. The van der Waals surface area contributed by atoms with Gasteiger partial charge in [-0.15, -0.1) is 11.6 Å². The van der Waals surface area contributed by atoms with Gasteiger partial charge in [0.05, 0.1) is 12.7 Å². The second kappa shape index (κ2) is 5.67. The van der Waals surface area contributed by atoms with E-state index >= 15 is 0 Å². The van der Waals surface area contributed by atoms with Crippen LogP contribution in [-0.2, 0) is 14.3 Å². The maximum Gasteiger partial charge on any atom is 0.275 e. The highest BCUT2D eigenvalue weighted by atomic mass is 35.5. The first-order valence-electron chi connectivity index (χ1n) is 5.63. The van der Waals surface area contributed by atoms with E-state index in [4.69, 9.17) is 15.8 Å². The number of unbranched alkanes of at least 4 members (excludes halogenated alkanes) is 1. The third kappa shape index (κ3) is 2.88. The molecule has 1 unspecified atom stereocenters. The van der Waals surface area contributed by atoms with Gasteiger partial charge in [-0.1, -0.05) is 13.3 Å². The Bertz CT molecular complexity index is 311. The Balaban J connectivity index is 2.60. The van der Waals surface area contributed by atoms with E-state index in [1.165, 1.54) is 0 Å². The van der Waals surface area contributed by atoms with Crippen LogP contribution in [0.2, 0.25) is 0 Å². The van der Waals surface area contributed by atoms with Gasteiger partial charge in [-0.2, -0.15) is 8.42 Å². The van der Waals surface area contributed by atoms with Gasteiger partial charge in [0, 0.05) is 5.88 Å². The van der Waals surface area contributed by atoms with E-state index in [2.05, 4.69) is 0 Å². The van der Waals surface area contributed by atoms with Gasteiger partial charge >= 0.3 is 0 Å². The molecule has 0 aromatic carbocycles. The van der Waals surface area contributed by atoms with Crippen molar-refractivity contribution < 1.29 is 17.7 Å². The molecule has 0 spiro atoms. The van der Waals surface area contributed by atoms with Gasteiger partial charge in [0.2, 0.25) is 0 Å². The van der Waals surface area contributed by atoms with Crippen LogP contribution in [0, 0.1) is 0 Å². The van der Waals surface area contributed by atoms with E-state index < -0.39 is 21.0 Å². The number of hydrogen-bond donors (Lipinski definition) is 1. The normalized spacial score (nSPS) is 20.7. The predicted molar refractivity (Wildman–Crippen MR) is 63.1 cm³/mol. The first-order chi connectivity index (χ1) is 7.50. The standard InChI is InChI=1S/C10H19ClO4S/c1-2-3-8-15-16(13,14)10(5-6-10)9(12)4-7-11/h9,12H,2-8H2,1H3. The zero-order chi connectivity index (χ0) is 12.2. The Morgan fingerprint density at radius 2 is 2.12 bits per heavy atom. The number of aliphatic hydroxyl groups excluding tert-OH is 1. The lowest BCUT2D eigenvalue weighted by molar-refractivity contribution is 0.149. The fraction of sp³-hybridized carbons (Fsp3) is 1.00. The van der Waals surface area contributed by atoms with Gasteiger partial charge in [-0.05, 0) is 25.7 Å². The molecule has 0 aromatic rings. The summed E-state index contributed by atoms with van der Waals surface area (Å²) in [6.45, 7) is 2.17. The minimum atomic E-state index is -3.65. The van der Waals surface area contributed by atoms with Crippen molar-refractivity contribution in [2.24, 2.45) is 0 Å². The summed E-state index contributed by atoms with van der Waals surface area (Å²) in [5.74, 6) is 0.257. The van der Waals surface area contributed by atoms with Crippen LogP contribution in [-0.4, -0.2) is 36.9 Å². The van der Waals surface area contributed by atoms with E-state index in [1.54, 1.807) is 0 Å². The van der Waals surface area contributed by atoms with Crippen LogP contribution in [0.4, 0.5) is 0 Å². The Morgan fingerprint density at radius 3 is 2.56 bits per heavy atom. The van der Waals surface area contributed by atoms with Gasteiger partial charge < -0.3 is 5.11 Å². The van der Waals surface area contributed by atoms with Gasteiger partial charge in [-0.25, -0.2) is 0 Å². The van der Waals surface area contributed by atoms with Crippen molar-refractivity contribution in [1.29, 1.82) is 0 Å². The highest BCUT2D eigenvalue weighted by Crippen LogP contribution is 2.48. The molecular formula is C10H19ClO4S. The molecule has 0 amide bonds. The molecule has 16 heavy (non-hydrogen) atoms. The largest absolute Gasteiger partial charge is 0.391 e. The van der Waals surface area contributed by atoms with E-state index in [0.717, 1.165) is 6.42 Å². The van der Waals surface area contributed by atoms with Gasteiger partial charge in [0.1, 0.15) is 4.75 Å². The minimum absolute atomic E-state index is 0.203. The minimum Gasteiger partial charge on any atom is -0.391 e. The van der Waals surface area contributed by atoms with Crippen LogP contribution in [0.5, 0.6) is 0 Å². The Kier molecular flexibility index (Phi) is 5.04. The number of aliphatic hydroxyl groups is 1. The molecule has 1 N–H and O–H groups in total. The zero-order valence-corrected chi connectivity index (χ0v) is 11.1. The maximum absolute atomic E-state index is 11.9. The highest BCUT2D eigenvalue weighted by molar-refractivity contribution is 7.88. The van der Waals surface area contributed by atoms with Crippen molar-refractivity contribution in [3.8, 4) is 0 Å². The van der Waals surface area contributed by atoms with Crippen molar-refractivity contribution >= 4 is 21.7 Å². The van der Waals surface area contributed by atoms with Crippen LogP contribution in [0.3, 0.4) is 0 Å². The van der Waals surface area contributed by atoms with E-state index in [1.807, 2.05) is 6.92 Å². The molecule has 1 atom stereocenters. The fourth-order valence-electron chi connectivity index (χ4n) is 1.67. The zero-order valence-electron chi connectivity index (χ0n) is 9.49. The van der Waals surface area contributed by atoms with E-state index in [-0.39, 0.29) is 18.9 Å². The van der Waals surface area contributed by atoms with E-state index in [9.17, 15) is 13.5 Å². The third-order valence-corrected chi connectivity index (χ3v) is 5.34. The Hall–Kier alpha value is 0.160. The molecule has 0 bridgehead atoms. The number of alkyl halides is 1. The third-order valence-electron chi connectivity index (χ3n) is 2.97. The summed E-state index contributed by atoms with van der Waals surface area (Å²) in [6, 6.07) is 0. The molecule has 1 saturated carbocycles. The second-order valence-corrected chi connectivity index (χ2v) is 6.52. The van der Waals surface area contributed by atoms with Crippen molar-refractivity contribution in [2.45, 2.75) is 49.9 Å². The van der Waals surface area contributed by atoms with Gasteiger partial charge in [0.25, 0.3) is 10.1 Å². The monoisotopic (exact) mass is 270 g/mol. The van der Waals surface area contributed by atoms with Crippen LogP contribution < -0.4 is 0 Å². The molecule has 1 aliphatic carbocycles. The molecule has 0 radical (unpaired) electrons. The summed E-state index contributed by atoms with van der Waals surface area (Å²) in [5, 5.41) is 9.79. The van der Waals surface area contributed by atoms with Gasteiger partial charge in [-0.3, -0.25) is 4.18 Å². The van der Waals surface area contributed by atoms with Crippen LogP contribution in [0.1, 0.15) is 39.0 Å². The van der Waals surface area contributed by atoms with Crippen molar-refractivity contribution in [3.05, 3.63) is 0 Å². The summed E-state index contributed by atoms with van der Waals surface area (Å²) >= 11 is 5.51. The molecule has 6 heteroatoms. The molecule has 0 heterocycles.